The highest BCUT2D eigenvalue weighted by Crippen LogP contribution is 2.16. The Labute approximate surface area is 90.6 Å². The lowest BCUT2D eigenvalue weighted by Gasteiger charge is -2.30. The summed E-state index contributed by atoms with van der Waals surface area (Å²) in [5.74, 6) is 0.523. The van der Waals surface area contributed by atoms with Crippen LogP contribution >= 0.6 is 0 Å². The molecular weight excluding hydrogens is 190 g/mol. The largest absolute Gasteiger partial charge is 0.384 e. The number of nitrogen functional groups attached to an aromatic ring is 1. The highest BCUT2D eigenvalue weighted by atomic mass is 16.5. The molecule has 84 valence electrons. The van der Waals surface area contributed by atoms with Crippen LogP contribution in [0.3, 0.4) is 0 Å². The average molecular weight is 209 g/mol. The molecule has 1 aromatic rings. The zero-order chi connectivity index (χ0) is 11.5. The predicted molar refractivity (Wildman–Crippen MR) is 61.4 cm³/mol. The van der Waals surface area contributed by atoms with Gasteiger partial charge in [-0.15, -0.1) is 0 Å². The Morgan fingerprint density at radius 1 is 1.53 bits per heavy atom. The van der Waals surface area contributed by atoms with Gasteiger partial charge >= 0.3 is 0 Å². The Morgan fingerprint density at radius 3 is 2.73 bits per heavy atom. The third-order valence-electron chi connectivity index (χ3n) is 2.72. The van der Waals surface area contributed by atoms with Crippen LogP contribution in [0.25, 0.3) is 0 Å². The van der Waals surface area contributed by atoms with E-state index in [9.17, 15) is 0 Å². The first-order valence-electron chi connectivity index (χ1n) is 4.97. The summed E-state index contributed by atoms with van der Waals surface area (Å²) >= 11 is 0. The maximum Gasteiger partial charge on any atom is 0.123 e. The third-order valence-corrected chi connectivity index (χ3v) is 2.72. The molecule has 0 fully saturated rings. The molecule has 0 spiro atoms. The van der Waals surface area contributed by atoms with Gasteiger partial charge in [-0.1, -0.05) is 0 Å². The molecule has 4 heteroatoms. The molecular formula is C11H19N3O. The number of hydrogen-bond donors (Lipinski definition) is 2. The van der Waals surface area contributed by atoms with Gasteiger partial charge in [0.1, 0.15) is 5.82 Å². The summed E-state index contributed by atoms with van der Waals surface area (Å²) in [5, 5.41) is 0. The Bertz CT molecular complexity index is 325. The van der Waals surface area contributed by atoms with Gasteiger partial charge < -0.3 is 16.2 Å². The van der Waals surface area contributed by atoms with E-state index in [0.717, 1.165) is 12.0 Å². The summed E-state index contributed by atoms with van der Waals surface area (Å²) in [6.07, 6.45) is 2.42. The Kier molecular flexibility index (Phi) is 3.66. The zero-order valence-corrected chi connectivity index (χ0v) is 9.53. The van der Waals surface area contributed by atoms with Gasteiger partial charge in [0.05, 0.1) is 5.60 Å². The van der Waals surface area contributed by atoms with Gasteiger partial charge in [0.15, 0.2) is 0 Å². The van der Waals surface area contributed by atoms with Crippen molar-refractivity contribution in [2.24, 2.45) is 5.73 Å². The number of ether oxygens (including phenoxy) is 1. The first kappa shape index (κ1) is 11.9. The molecule has 0 aliphatic heterocycles. The van der Waals surface area contributed by atoms with E-state index in [4.69, 9.17) is 16.2 Å². The first-order valence-corrected chi connectivity index (χ1v) is 4.97. The molecule has 1 heterocycles. The Balaban J connectivity index is 2.70. The van der Waals surface area contributed by atoms with Gasteiger partial charge in [-0.25, -0.2) is 4.98 Å². The van der Waals surface area contributed by atoms with Gasteiger partial charge in [0, 0.05) is 19.3 Å². The van der Waals surface area contributed by atoms with Crippen molar-refractivity contribution in [3.8, 4) is 0 Å². The van der Waals surface area contributed by atoms with Gasteiger partial charge in [-0.2, -0.15) is 0 Å². The molecule has 4 nitrogen and oxygen atoms in total. The van der Waals surface area contributed by atoms with Crippen LogP contribution in [0, 0.1) is 0 Å². The smallest absolute Gasteiger partial charge is 0.123 e. The van der Waals surface area contributed by atoms with E-state index in [1.54, 1.807) is 13.3 Å². The van der Waals surface area contributed by atoms with Crippen molar-refractivity contribution in [2.45, 2.75) is 31.9 Å². The highest BCUT2D eigenvalue weighted by molar-refractivity contribution is 5.32. The number of methoxy groups -OCH3 is 1. The quantitative estimate of drug-likeness (QED) is 0.774. The van der Waals surface area contributed by atoms with Crippen LogP contribution < -0.4 is 11.5 Å². The Morgan fingerprint density at radius 2 is 2.20 bits per heavy atom. The minimum absolute atomic E-state index is 0.0655. The maximum absolute atomic E-state index is 6.06. The second-order valence-corrected chi connectivity index (χ2v) is 4.21. The minimum Gasteiger partial charge on any atom is -0.384 e. The van der Waals surface area contributed by atoms with Crippen molar-refractivity contribution in [2.75, 3.05) is 12.8 Å². The number of aromatic nitrogens is 1. The average Bonchev–Trinajstić information content (AvgIpc) is 2.17. The normalized spacial score (nSPS) is 13.9. The standard InChI is InChI=1S/C11H19N3O/c1-11(2,15-3)9(12)6-8-4-5-14-10(13)7-8/h4-5,7,9H,6,12H2,1-3H3,(H2,13,14). The summed E-state index contributed by atoms with van der Waals surface area (Å²) < 4.78 is 5.33. The van der Waals surface area contributed by atoms with Gasteiger partial charge in [0.25, 0.3) is 0 Å². The van der Waals surface area contributed by atoms with Gasteiger partial charge in [0.2, 0.25) is 0 Å². The van der Waals surface area contributed by atoms with E-state index in [0.29, 0.717) is 5.82 Å². The molecule has 1 unspecified atom stereocenters. The van der Waals surface area contributed by atoms with Crippen LogP contribution in [-0.4, -0.2) is 23.7 Å². The van der Waals surface area contributed by atoms with Crippen LogP contribution in [0.4, 0.5) is 5.82 Å². The molecule has 0 saturated carbocycles. The number of pyridine rings is 1. The fourth-order valence-corrected chi connectivity index (χ4v) is 1.27. The van der Waals surface area contributed by atoms with E-state index < -0.39 is 0 Å². The third kappa shape index (κ3) is 3.18. The second-order valence-electron chi connectivity index (χ2n) is 4.21. The number of nitrogens with two attached hydrogens (primary N) is 2. The molecule has 0 aromatic carbocycles. The van der Waals surface area contributed by atoms with E-state index >= 15 is 0 Å². The maximum atomic E-state index is 6.06. The van der Waals surface area contributed by atoms with Crippen LogP contribution in [0.1, 0.15) is 19.4 Å². The van der Waals surface area contributed by atoms with Crippen molar-refractivity contribution >= 4 is 5.82 Å². The van der Waals surface area contributed by atoms with Crippen LogP contribution in [0.15, 0.2) is 18.3 Å². The molecule has 1 rings (SSSR count). The summed E-state index contributed by atoms with van der Waals surface area (Å²) in [6.45, 7) is 3.95. The van der Waals surface area contributed by atoms with Crippen LogP contribution in [0.2, 0.25) is 0 Å². The molecule has 0 amide bonds. The minimum atomic E-state index is -0.335. The summed E-state index contributed by atoms with van der Waals surface area (Å²) in [6, 6.07) is 3.69. The summed E-state index contributed by atoms with van der Waals surface area (Å²) in [7, 11) is 1.67. The van der Waals surface area contributed by atoms with Crippen molar-refractivity contribution in [1.82, 2.24) is 4.98 Å². The van der Waals surface area contributed by atoms with E-state index in [2.05, 4.69) is 4.98 Å². The lowest BCUT2D eigenvalue weighted by Crippen LogP contribution is -2.46. The fourth-order valence-electron chi connectivity index (χ4n) is 1.27. The predicted octanol–water partition coefficient (Wildman–Crippen LogP) is 0.959. The Hall–Kier alpha value is -1.13. The van der Waals surface area contributed by atoms with Crippen molar-refractivity contribution in [3.63, 3.8) is 0 Å². The first-order chi connectivity index (χ1) is 6.95. The van der Waals surface area contributed by atoms with Crippen molar-refractivity contribution in [1.29, 1.82) is 0 Å². The zero-order valence-electron chi connectivity index (χ0n) is 9.53. The molecule has 4 N–H and O–H groups in total. The number of hydrogen-bond acceptors (Lipinski definition) is 4. The number of anilines is 1. The molecule has 0 bridgehead atoms. The van der Waals surface area contributed by atoms with Crippen LogP contribution in [0.5, 0.6) is 0 Å². The molecule has 1 aromatic heterocycles. The topological polar surface area (TPSA) is 74.2 Å². The van der Waals surface area contributed by atoms with Crippen molar-refractivity contribution < 1.29 is 4.74 Å². The summed E-state index contributed by atoms with van der Waals surface area (Å²) in [4.78, 5) is 3.94. The van der Waals surface area contributed by atoms with Crippen LogP contribution in [-0.2, 0) is 11.2 Å². The van der Waals surface area contributed by atoms with Gasteiger partial charge in [-0.3, -0.25) is 0 Å². The highest BCUT2D eigenvalue weighted by Gasteiger charge is 2.25. The molecule has 15 heavy (non-hydrogen) atoms. The number of rotatable bonds is 4. The lowest BCUT2D eigenvalue weighted by atomic mass is 9.93. The summed E-state index contributed by atoms with van der Waals surface area (Å²) in [5.41, 5.74) is 12.4. The monoisotopic (exact) mass is 209 g/mol. The molecule has 1 atom stereocenters. The molecule has 0 saturated heterocycles. The fraction of sp³-hybridized carbons (Fsp3) is 0.545. The molecule has 0 aliphatic rings. The number of nitrogens with zero attached hydrogens (tertiary/aromatic N) is 1. The lowest BCUT2D eigenvalue weighted by molar-refractivity contribution is 0.000804. The molecule has 0 radical (unpaired) electrons. The van der Waals surface area contributed by atoms with E-state index in [1.807, 2.05) is 26.0 Å². The van der Waals surface area contributed by atoms with E-state index in [1.165, 1.54) is 0 Å². The second kappa shape index (κ2) is 4.59. The van der Waals surface area contributed by atoms with E-state index in [-0.39, 0.29) is 11.6 Å². The molecule has 0 aliphatic carbocycles. The van der Waals surface area contributed by atoms with Gasteiger partial charge in [-0.05, 0) is 38.0 Å². The SMILES string of the molecule is COC(C)(C)C(N)Cc1ccnc(N)c1. The van der Waals surface area contributed by atoms with Crippen molar-refractivity contribution in [3.05, 3.63) is 23.9 Å².